The van der Waals surface area contributed by atoms with Crippen molar-refractivity contribution in [2.45, 2.75) is 30.7 Å². The lowest BCUT2D eigenvalue weighted by Gasteiger charge is -2.16. The molecule has 1 aliphatic heterocycles. The third-order valence-corrected chi connectivity index (χ3v) is 6.79. The van der Waals surface area contributed by atoms with Gasteiger partial charge in [0.05, 0.1) is 28.0 Å². The molecule has 0 fully saturated rings. The maximum atomic E-state index is 12.6. The van der Waals surface area contributed by atoms with Crippen LogP contribution >= 0.6 is 11.3 Å². The second-order valence-electron chi connectivity index (χ2n) is 6.01. The van der Waals surface area contributed by atoms with Crippen LogP contribution in [-0.4, -0.2) is 36.3 Å². The molecule has 0 bridgehead atoms. The van der Waals surface area contributed by atoms with Gasteiger partial charge in [0.15, 0.2) is 4.90 Å². The number of sulfonamides is 1. The van der Waals surface area contributed by atoms with Crippen molar-refractivity contribution >= 4 is 31.6 Å². The molecule has 0 saturated heterocycles. The van der Waals surface area contributed by atoms with Gasteiger partial charge in [-0.1, -0.05) is 19.1 Å². The Kier molecular flexibility index (Phi) is 4.22. The fraction of sp³-hybridized carbons (Fsp3) is 0.375. The fourth-order valence-corrected chi connectivity index (χ4v) is 4.95. The summed E-state index contributed by atoms with van der Waals surface area (Å²) in [5.41, 5.74) is 0.941. The first kappa shape index (κ1) is 16.5. The van der Waals surface area contributed by atoms with Gasteiger partial charge >= 0.3 is 0 Å². The predicted molar refractivity (Wildman–Crippen MR) is 95.6 cm³/mol. The summed E-state index contributed by atoms with van der Waals surface area (Å²) >= 11 is 1.59. The van der Waals surface area contributed by atoms with Crippen molar-refractivity contribution in [3.05, 3.63) is 35.5 Å². The van der Waals surface area contributed by atoms with Gasteiger partial charge in [0.2, 0.25) is 15.9 Å². The zero-order valence-corrected chi connectivity index (χ0v) is 15.3. The van der Waals surface area contributed by atoms with Gasteiger partial charge in [-0.2, -0.15) is 5.10 Å². The summed E-state index contributed by atoms with van der Waals surface area (Å²) in [6.07, 6.45) is 2.18. The van der Waals surface area contributed by atoms with Crippen molar-refractivity contribution in [3.63, 3.8) is 0 Å². The number of hydrogen-bond donors (Lipinski definition) is 1. The van der Waals surface area contributed by atoms with Crippen molar-refractivity contribution in [1.29, 1.82) is 0 Å². The van der Waals surface area contributed by atoms with Gasteiger partial charge in [0, 0.05) is 25.4 Å². The average molecular weight is 378 g/mol. The number of ether oxygens (including phenoxy) is 1. The molecule has 9 heteroatoms. The molecule has 1 unspecified atom stereocenters. The minimum atomic E-state index is -3.67. The number of fused-ring (bicyclic) bond motifs is 2. The second kappa shape index (κ2) is 6.40. The Hall–Kier alpha value is -1.97. The number of nitrogens with zero attached hydrogens (tertiary/aromatic N) is 3. The van der Waals surface area contributed by atoms with Gasteiger partial charge < -0.3 is 4.74 Å². The summed E-state index contributed by atoms with van der Waals surface area (Å²) in [5.74, 6) is 0.297. The average Bonchev–Trinajstić information content (AvgIpc) is 3.24. The van der Waals surface area contributed by atoms with E-state index in [0.29, 0.717) is 19.0 Å². The summed E-state index contributed by atoms with van der Waals surface area (Å²) < 4.78 is 36.1. The third-order valence-electron chi connectivity index (χ3n) is 4.11. The molecular weight excluding hydrogens is 360 g/mol. The highest BCUT2D eigenvalue weighted by molar-refractivity contribution is 7.89. The molecule has 1 aromatic carbocycles. The molecule has 0 radical (unpaired) electrons. The number of nitrogens with one attached hydrogen (secondary N) is 1. The van der Waals surface area contributed by atoms with Gasteiger partial charge in [0.1, 0.15) is 0 Å². The standard InChI is InChI=1S/C16H18N4O3S2/c1-11(15-19-12-5-2-3-6-13(12)24-15)9-18-25(21,22)14-10-17-20-7-4-8-23-16(14)20/h2-3,5-6,10-11,18H,4,7-9H2,1H3. The van der Waals surface area contributed by atoms with E-state index in [9.17, 15) is 8.42 Å². The van der Waals surface area contributed by atoms with Crippen LogP contribution in [0.15, 0.2) is 35.4 Å². The summed E-state index contributed by atoms with van der Waals surface area (Å²) in [5, 5.41) is 5.01. The van der Waals surface area contributed by atoms with Crippen LogP contribution < -0.4 is 9.46 Å². The minimum Gasteiger partial charge on any atom is -0.477 e. The first-order valence-corrected chi connectivity index (χ1v) is 10.4. The zero-order valence-electron chi connectivity index (χ0n) is 13.7. The van der Waals surface area contributed by atoms with Gasteiger partial charge in [-0.3, -0.25) is 0 Å². The largest absolute Gasteiger partial charge is 0.477 e. The lowest BCUT2D eigenvalue weighted by molar-refractivity contribution is 0.224. The molecule has 1 N–H and O–H groups in total. The monoisotopic (exact) mass is 378 g/mol. The molecule has 3 heterocycles. The van der Waals surface area contributed by atoms with Crippen molar-refractivity contribution in [2.75, 3.05) is 13.2 Å². The first-order valence-electron chi connectivity index (χ1n) is 8.08. The SMILES string of the molecule is CC(CNS(=O)(=O)c1cnn2c1OCCC2)c1nc2ccccc2s1. The number of hydrogen-bond acceptors (Lipinski definition) is 6. The molecule has 1 atom stereocenters. The Morgan fingerprint density at radius 3 is 3.08 bits per heavy atom. The topological polar surface area (TPSA) is 86.1 Å². The van der Waals surface area contributed by atoms with Crippen molar-refractivity contribution < 1.29 is 13.2 Å². The maximum Gasteiger partial charge on any atom is 0.247 e. The Morgan fingerprint density at radius 1 is 1.40 bits per heavy atom. The van der Waals surface area contributed by atoms with Gasteiger partial charge in [-0.25, -0.2) is 22.8 Å². The van der Waals surface area contributed by atoms with E-state index in [-0.39, 0.29) is 17.4 Å². The van der Waals surface area contributed by atoms with E-state index in [2.05, 4.69) is 14.8 Å². The molecular formula is C16H18N4O3S2. The maximum absolute atomic E-state index is 12.6. The Bertz CT molecular complexity index is 976. The molecule has 3 aromatic rings. The molecule has 132 valence electrons. The van der Waals surface area contributed by atoms with Crippen LogP contribution in [0.25, 0.3) is 10.2 Å². The van der Waals surface area contributed by atoms with Crippen molar-refractivity contribution in [2.24, 2.45) is 0 Å². The van der Waals surface area contributed by atoms with E-state index in [1.807, 2.05) is 31.2 Å². The van der Waals surface area contributed by atoms with E-state index in [4.69, 9.17) is 4.74 Å². The Morgan fingerprint density at radius 2 is 2.24 bits per heavy atom. The molecule has 0 spiro atoms. The summed E-state index contributed by atoms with van der Waals surface area (Å²) in [6, 6.07) is 7.90. The lowest BCUT2D eigenvalue weighted by Crippen LogP contribution is -2.28. The molecule has 25 heavy (non-hydrogen) atoms. The number of thiazole rings is 1. The summed E-state index contributed by atoms with van der Waals surface area (Å²) in [4.78, 5) is 4.69. The van der Waals surface area contributed by atoms with E-state index in [0.717, 1.165) is 21.6 Å². The quantitative estimate of drug-likeness (QED) is 0.737. The van der Waals surface area contributed by atoms with Crippen LogP contribution in [0.4, 0.5) is 0 Å². The van der Waals surface area contributed by atoms with E-state index < -0.39 is 10.0 Å². The van der Waals surface area contributed by atoms with Crippen LogP contribution in [0, 0.1) is 0 Å². The highest BCUT2D eigenvalue weighted by atomic mass is 32.2. The number of benzene rings is 1. The molecule has 0 saturated carbocycles. The van der Waals surface area contributed by atoms with Crippen LogP contribution in [0.3, 0.4) is 0 Å². The zero-order chi connectivity index (χ0) is 17.4. The van der Waals surface area contributed by atoms with Crippen LogP contribution in [0.1, 0.15) is 24.3 Å². The van der Waals surface area contributed by atoms with Gasteiger partial charge in [0.25, 0.3) is 0 Å². The summed E-state index contributed by atoms with van der Waals surface area (Å²) in [6.45, 7) is 3.42. The number of rotatable bonds is 5. The highest BCUT2D eigenvalue weighted by Gasteiger charge is 2.27. The highest BCUT2D eigenvalue weighted by Crippen LogP contribution is 2.29. The molecule has 1 aliphatic rings. The van der Waals surface area contributed by atoms with Crippen LogP contribution in [0.5, 0.6) is 5.88 Å². The van der Waals surface area contributed by atoms with Gasteiger partial charge in [-0.15, -0.1) is 11.3 Å². The smallest absolute Gasteiger partial charge is 0.247 e. The molecule has 2 aromatic heterocycles. The van der Waals surface area contributed by atoms with Crippen LogP contribution in [-0.2, 0) is 16.6 Å². The summed E-state index contributed by atoms with van der Waals surface area (Å²) in [7, 11) is -3.67. The van der Waals surface area contributed by atoms with Gasteiger partial charge in [-0.05, 0) is 12.1 Å². The molecule has 0 amide bonds. The fourth-order valence-electron chi connectivity index (χ4n) is 2.73. The van der Waals surface area contributed by atoms with Crippen LogP contribution in [0.2, 0.25) is 0 Å². The Balaban J connectivity index is 1.50. The van der Waals surface area contributed by atoms with E-state index in [1.54, 1.807) is 16.0 Å². The first-order chi connectivity index (χ1) is 12.0. The number of aryl methyl sites for hydroxylation is 1. The predicted octanol–water partition coefficient (Wildman–Crippen LogP) is 2.36. The third kappa shape index (κ3) is 3.14. The molecule has 0 aliphatic carbocycles. The second-order valence-corrected chi connectivity index (χ2v) is 8.81. The van der Waals surface area contributed by atoms with E-state index >= 15 is 0 Å². The van der Waals surface area contributed by atoms with E-state index in [1.165, 1.54) is 6.20 Å². The molecule has 7 nitrogen and oxygen atoms in total. The van der Waals surface area contributed by atoms with Crippen molar-refractivity contribution in [3.8, 4) is 5.88 Å². The number of para-hydroxylation sites is 1. The number of aromatic nitrogens is 3. The normalized spacial score (nSPS) is 15.7. The minimum absolute atomic E-state index is 0.0282. The lowest BCUT2D eigenvalue weighted by atomic mass is 10.2. The van der Waals surface area contributed by atoms with Crippen molar-refractivity contribution in [1.82, 2.24) is 19.5 Å². The molecule has 4 rings (SSSR count). The Labute approximate surface area is 149 Å².